The monoisotopic (exact) mass is 100 g/mol. The molecule has 2 nitrogen and oxygen atoms in total. The SMILES string of the molecule is O[N+]12CCCC1C2. The van der Waals surface area contributed by atoms with Crippen molar-refractivity contribution in [2.75, 3.05) is 13.1 Å². The molecule has 0 aromatic rings. The van der Waals surface area contributed by atoms with Crippen LogP contribution in [0.25, 0.3) is 0 Å². The summed E-state index contributed by atoms with van der Waals surface area (Å²) in [5, 5.41) is 9.21. The second-order valence-corrected chi connectivity index (χ2v) is 2.69. The molecule has 0 radical (unpaired) electrons. The molecular formula is C5H10NO+. The van der Waals surface area contributed by atoms with Crippen LogP contribution in [0.1, 0.15) is 12.8 Å². The highest BCUT2D eigenvalue weighted by atomic mass is 16.6. The number of hydroxylamine groups is 3. The molecule has 0 bridgehead atoms. The summed E-state index contributed by atoms with van der Waals surface area (Å²) in [4.78, 5) is 0. The smallest absolute Gasteiger partial charge is 0.171 e. The maximum Gasteiger partial charge on any atom is 0.171 e. The van der Waals surface area contributed by atoms with Crippen molar-refractivity contribution in [1.29, 1.82) is 0 Å². The number of hydrogen-bond donors (Lipinski definition) is 1. The third kappa shape index (κ3) is 0.359. The van der Waals surface area contributed by atoms with Crippen LogP contribution in [0, 0.1) is 0 Å². The van der Waals surface area contributed by atoms with E-state index in [4.69, 9.17) is 0 Å². The van der Waals surface area contributed by atoms with Crippen molar-refractivity contribution in [2.45, 2.75) is 18.9 Å². The van der Waals surface area contributed by atoms with Crippen LogP contribution < -0.4 is 0 Å². The van der Waals surface area contributed by atoms with Crippen LogP contribution in [0.15, 0.2) is 0 Å². The highest BCUT2D eigenvalue weighted by molar-refractivity contribution is 4.75. The van der Waals surface area contributed by atoms with E-state index in [1.165, 1.54) is 12.8 Å². The third-order valence-electron chi connectivity index (χ3n) is 2.16. The molecule has 0 aromatic carbocycles. The van der Waals surface area contributed by atoms with Gasteiger partial charge in [-0.3, -0.25) is 0 Å². The van der Waals surface area contributed by atoms with E-state index >= 15 is 0 Å². The summed E-state index contributed by atoms with van der Waals surface area (Å²) in [6.07, 6.45) is 2.50. The highest BCUT2D eigenvalue weighted by Crippen LogP contribution is 2.37. The van der Waals surface area contributed by atoms with E-state index in [1.807, 2.05) is 0 Å². The van der Waals surface area contributed by atoms with Gasteiger partial charge in [-0.2, -0.15) is 4.65 Å². The van der Waals surface area contributed by atoms with E-state index in [1.54, 1.807) is 0 Å². The first kappa shape index (κ1) is 3.87. The second-order valence-electron chi connectivity index (χ2n) is 2.69. The van der Waals surface area contributed by atoms with Gasteiger partial charge in [-0.1, -0.05) is 0 Å². The van der Waals surface area contributed by atoms with Gasteiger partial charge in [0.15, 0.2) is 12.6 Å². The Hall–Kier alpha value is -0.0800. The minimum Gasteiger partial charge on any atom is -0.216 e. The summed E-state index contributed by atoms with van der Waals surface area (Å²) in [6.45, 7) is 2.06. The van der Waals surface area contributed by atoms with Crippen molar-refractivity contribution in [3.63, 3.8) is 0 Å². The molecule has 2 unspecified atom stereocenters. The Kier molecular flexibility index (Phi) is 0.474. The molecule has 7 heavy (non-hydrogen) atoms. The van der Waals surface area contributed by atoms with E-state index < -0.39 is 0 Å². The summed E-state index contributed by atoms with van der Waals surface area (Å²) in [5.74, 6) is 0. The molecule has 2 heteroatoms. The molecule has 2 aliphatic heterocycles. The summed E-state index contributed by atoms with van der Waals surface area (Å²) in [6, 6.07) is 0.653. The number of piperidine rings is 1. The molecule has 0 amide bonds. The van der Waals surface area contributed by atoms with E-state index in [9.17, 15) is 5.21 Å². The lowest BCUT2D eigenvalue weighted by Gasteiger charge is -1.99. The molecule has 0 spiro atoms. The first-order chi connectivity index (χ1) is 3.31. The average Bonchev–Trinajstić information content (AvgIpc) is 2.09. The van der Waals surface area contributed by atoms with Gasteiger partial charge in [0.1, 0.15) is 6.54 Å². The Morgan fingerprint density at radius 1 is 1.57 bits per heavy atom. The molecule has 2 heterocycles. The Morgan fingerprint density at radius 3 is 2.57 bits per heavy atom. The van der Waals surface area contributed by atoms with Crippen LogP contribution in [0.2, 0.25) is 0 Å². The van der Waals surface area contributed by atoms with E-state index in [0.717, 1.165) is 13.1 Å². The molecule has 1 N–H and O–H groups in total. The fourth-order valence-corrected chi connectivity index (χ4v) is 1.52. The fraction of sp³-hybridized carbons (Fsp3) is 1.00. The molecule has 2 fully saturated rings. The normalized spacial score (nSPS) is 57.0. The quantitative estimate of drug-likeness (QED) is 0.344. The first-order valence-corrected chi connectivity index (χ1v) is 2.91. The molecule has 2 rings (SSSR count). The Balaban J connectivity index is 2.17. The summed E-state index contributed by atoms with van der Waals surface area (Å²) in [7, 11) is 0. The number of nitrogens with zero attached hydrogens (tertiary/aromatic N) is 1. The maximum absolute atomic E-state index is 9.21. The number of quaternary nitrogens is 1. The minimum absolute atomic E-state index is 0.417. The second kappa shape index (κ2) is 0.858. The van der Waals surface area contributed by atoms with Crippen molar-refractivity contribution in [2.24, 2.45) is 0 Å². The lowest BCUT2D eigenvalue weighted by molar-refractivity contribution is -1.00. The standard InChI is InChI=1S/C5H10NO/c7-6-3-1-2-5(6)4-6/h5,7H,1-4H2/q+1. The summed E-state index contributed by atoms with van der Waals surface area (Å²) >= 11 is 0. The summed E-state index contributed by atoms with van der Waals surface area (Å²) < 4.78 is 0.417. The topological polar surface area (TPSA) is 20.2 Å². The van der Waals surface area contributed by atoms with Crippen molar-refractivity contribution in [3.05, 3.63) is 0 Å². The van der Waals surface area contributed by atoms with E-state index in [-0.39, 0.29) is 0 Å². The zero-order valence-corrected chi connectivity index (χ0v) is 4.30. The van der Waals surface area contributed by atoms with Crippen molar-refractivity contribution in [1.82, 2.24) is 0 Å². The van der Waals surface area contributed by atoms with Crippen LogP contribution >= 0.6 is 0 Å². The van der Waals surface area contributed by atoms with Crippen molar-refractivity contribution in [3.8, 4) is 0 Å². The van der Waals surface area contributed by atoms with Gasteiger partial charge in [0.25, 0.3) is 0 Å². The van der Waals surface area contributed by atoms with Gasteiger partial charge in [0.2, 0.25) is 0 Å². The molecule has 0 aromatic heterocycles. The lowest BCUT2D eigenvalue weighted by atomic mass is 10.3. The van der Waals surface area contributed by atoms with Gasteiger partial charge in [-0.15, -0.1) is 0 Å². The van der Waals surface area contributed by atoms with Gasteiger partial charge in [0.05, 0.1) is 0 Å². The molecule has 2 aliphatic rings. The Morgan fingerprint density at radius 2 is 2.43 bits per heavy atom. The molecule has 0 saturated carbocycles. The summed E-state index contributed by atoms with van der Waals surface area (Å²) in [5.41, 5.74) is 0. The number of fused-ring (bicyclic) bond motifs is 1. The van der Waals surface area contributed by atoms with Gasteiger partial charge in [-0.05, 0) is 0 Å². The molecule has 2 saturated heterocycles. The molecule has 2 atom stereocenters. The van der Waals surface area contributed by atoms with Gasteiger partial charge in [0, 0.05) is 12.8 Å². The fourth-order valence-electron chi connectivity index (χ4n) is 1.52. The Labute approximate surface area is 42.9 Å². The predicted octanol–water partition coefficient (Wildman–Crippen LogP) is 0.368. The van der Waals surface area contributed by atoms with Gasteiger partial charge >= 0.3 is 0 Å². The van der Waals surface area contributed by atoms with Gasteiger partial charge in [-0.25, -0.2) is 5.21 Å². The Bertz CT molecular complexity index is 102. The highest BCUT2D eigenvalue weighted by Gasteiger charge is 2.58. The average molecular weight is 100 g/mol. The van der Waals surface area contributed by atoms with E-state index in [0.29, 0.717) is 10.7 Å². The van der Waals surface area contributed by atoms with Crippen molar-refractivity contribution >= 4 is 0 Å². The number of hydrogen-bond acceptors (Lipinski definition) is 1. The molecule has 40 valence electrons. The third-order valence-corrected chi connectivity index (χ3v) is 2.16. The zero-order chi connectivity index (χ0) is 4.91. The van der Waals surface area contributed by atoms with Crippen LogP contribution in [0.5, 0.6) is 0 Å². The van der Waals surface area contributed by atoms with Crippen molar-refractivity contribution < 1.29 is 9.85 Å². The first-order valence-electron chi connectivity index (χ1n) is 2.91. The lowest BCUT2D eigenvalue weighted by Crippen LogP contribution is -2.18. The number of rotatable bonds is 0. The maximum atomic E-state index is 9.21. The minimum atomic E-state index is 0.417. The van der Waals surface area contributed by atoms with E-state index in [2.05, 4.69) is 0 Å². The molecule has 0 aliphatic carbocycles. The zero-order valence-electron chi connectivity index (χ0n) is 4.30. The predicted molar refractivity (Wildman–Crippen MR) is 24.8 cm³/mol. The van der Waals surface area contributed by atoms with Crippen LogP contribution in [-0.2, 0) is 0 Å². The van der Waals surface area contributed by atoms with Crippen LogP contribution in [-0.4, -0.2) is 29.0 Å². The largest absolute Gasteiger partial charge is 0.216 e. The van der Waals surface area contributed by atoms with Crippen LogP contribution in [0.3, 0.4) is 0 Å². The molecular weight excluding hydrogens is 90.1 g/mol. The van der Waals surface area contributed by atoms with Gasteiger partial charge < -0.3 is 0 Å². The van der Waals surface area contributed by atoms with Crippen LogP contribution in [0.4, 0.5) is 0 Å².